The SMILES string of the molecule is CCc1c(C(=O)Nc2cc(N)ccc2C)[nH]c(C)c1C(C)=O.Cl. The standard InChI is InChI=1S/C17H21N3O2.ClH/c1-5-13-15(11(4)21)10(3)19-16(13)17(22)20-14-8-12(18)7-6-9(14)2;/h6-8,19H,5,18H2,1-4H3,(H,20,22);1H. The minimum atomic E-state index is -0.263. The molecule has 5 nitrogen and oxygen atoms in total. The lowest BCUT2D eigenvalue weighted by Gasteiger charge is -2.09. The highest BCUT2D eigenvalue weighted by atomic mass is 35.5. The summed E-state index contributed by atoms with van der Waals surface area (Å²) in [6, 6.07) is 5.36. The first kappa shape index (κ1) is 18.8. The second-order valence-electron chi connectivity index (χ2n) is 5.42. The van der Waals surface area contributed by atoms with E-state index in [9.17, 15) is 9.59 Å². The number of Topliss-reactive ketones (excluding diaryl/α,β-unsaturated/α-hetero) is 1. The quantitative estimate of drug-likeness (QED) is 0.588. The third-order valence-electron chi connectivity index (χ3n) is 3.73. The van der Waals surface area contributed by atoms with Crippen molar-refractivity contribution in [1.29, 1.82) is 0 Å². The average molecular weight is 336 g/mol. The summed E-state index contributed by atoms with van der Waals surface area (Å²) in [6.07, 6.45) is 0.609. The molecule has 23 heavy (non-hydrogen) atoms. The van der Waals surface area contributed by atoms with Gasteiger partial charge in [-0.15, -0.1) is 12.4 Å². The Morgan fingerprint density at radius 1 is 1.26 bits per heavy atom. The smallest absolute Gasteiger partial charge is 0.272 e. The highest BCUT2D eigenvalue weighted by Crippen LogP contribution is 2.23. The van der Waals surface area contributed by atoms with Crippen LogP contribution in [-0.2, 0) is 6.42 Å². The molecular formula is C17H22ClN3O2. The van der Waals surface area contributed by atoms with E-state index in [1.165, 1.54) is 6.92 Å². The first-order valence-electron chi connectivity index (χ1n) is 7.25. The van der Waals surface area contributed by atoms with Crippen molar-refractivity contribution in [2.24, 2.45) is 0 Å². The Morgan fingerprint density at radius 2 is 1.91 bits per heavy atom. The van der Waals surface area contributed by atoms with E-state index in [1.54, 1.807) is 19.1 Å². The lowest BCUT2D eigenvalue weighted by atomic mass is 10.0. The van der Waals surface area contributed by atoms with Gasteiger partial charge < -0.3 is 16.0 Å². The predicted octanol–water partition coefficient (Wildman–Crippen LogP) is 3.65. The molecular weight excluding hydrogens is 314 g/mol. The Kier molecular flexibility index (Phi) is 5.98. The molecule has 0 aliphatic heterocycles. The van der Waals surface area contributed by atoms with Crippen molar-refractivity contribution in [3.8, 4) is 0 Å². The molecule has 124 valence electrons. The van der Waals surface area contributed by atoms with E-state index >= 15 is 0 Å². The molecule has 0 unspecified atom stereocenters. The van der Waals surface area contributed by atoms with Crippen LogP contribution in [0.2, 0.25) is 0 Å². The van der Waals surface area contributed by atoms with E-state index in [0.717, 1.165) is 16.8 Å². The molecule has 0 saturated carbocycles. The molecule has 1 aromatic carbocycles. The molecule has 0 aliphatic carbocycles. The number of aryl methyl sites for hydroxylation is 2. The number of hydrogen-bond donors (Lipinski definition) is 3. The van der Waals surface area contributed by atoms with Gasteiger partial charge in [0, 0.05) is 22.6 Å². The summed E-state index contributed by atoms with van der Waals surface area (Å²) in [5.74, 6) is -0.300. The number of nitrogens with two attached hydrogens (primary N) is 1. The third kappa shape index (κ3) is 3.74. The molecule has 0 radical (unpaired) electrons. The lowest BCUT2D eigenvalue weighted by Crippen LogP contribution is -2.15. The van der Waals surface area contributed by atoms with E-state index in [4.69, 9.17) is 5.73 Å². The van der Waals surface area contributed by atoms with Gasteiger partial charge in [0.05, 0.1) is 0 Å². The number of aromatic nitrogens is 1. The maximum atomic E-state index is 12.6. The summed E-state index contributed by atoms with van der Waals surface area (Å²) in [5, 5.41) is 2.86. The van der Waals surface area contributed by atoms with Crippen molar-refractivity contribution in [3.63, 3.8) is 0 Å². The number of ketones is 1. The van der Waals surface area contributed by atoms with Gasteiger partial charge in [-0.3, -0.25) is 9.59 Å². The van der Waals surface area contributed by atoms with E-state index in [2.05, 4.69) is 10.3 Å². The van der Waals surface area contributed by atoms with Crippen LogP contribution in [0, 0.1) is 13.8 Å². The minimum Gasteiger partial charge on any atom is -0.399 e. The highest BCUT2D eigenvalue weighted by molar-refractivity contribution is 6.08. The molecule has 0 saturated heterocycles. The van der Waals surface area contributed by atoms with Crippen LogP contribution in [0.3, 0.4) is 0 Å². The zero-order valence-electron chi connectivity index (χ0n) is 13.7. The van der Waals surface area contributed by atoms with E-state index < -0.39 is 0 Å². The third-order valence-corrected chi connectivity index (χ3v) is 3.73. The lowest BCUT2D eigenvalue weighted by molar-refractivity contribution is 0.101. The number of carbonyl (C=O) groups is 2. The number of carbonyl (C=O) groups excluding carboxylic acids is 2. The Hall–Kier alpha value is -2.27. The van der Waals surface area contributed by atoms with Crippen molar-refractivity contribution in [2.75, 3.05) is 11.1 Å². The van der Waals surface area contributed by atoms with Gasteiger partial charge in [-0.1, -0.05) is 13.0 Å². The van der Waals surface area contributed by atoms with Crippen molar-refractivity contribution >= 4 is 35.5 Å². The number of nitrogens with one attached hydrogen (secondary N) is 2. The monoisotopic (exact) mass is 335 g/mol. The maximum Gasteiger partial charge on any atom is 0.272 e. The summed E-state index contributed by atoms with van der Waals surface area (Å²) in [5.41, 5.74) is 10.5. The van der Waals surface area contributed by atoms with E-state index in [0.29, 0.717) is 29.1 Å². The van der Waals surface area contributed by atoms with Crippen LogP contribution in [0.1, 0.15) is 51.5 Å². The van der Waals surface area contributed by atoms with Crippen LogP contribution >= 0.6 is 12.4 Å². The molecule has 1 amide bonds. The Labute approximate surface area is 142 Å². The molecule has 0 atom stereocenters. The molecule has 2 aromatic rings. The summed E-state index contributed by atoms with van der Waals surface area (Å²) in [7, 11) is 0. The summed E-state index contributed by atoms with van der Waals surface area (Å²) in [4.78, 5) is 27.4. The van der Waals surface area contributed by atoms with Crippen LogP contribution in [0.4, 0.5) is 11.4 Å². The van der Waals surface area contributed by atoms with Gasteiger partial charge in [-0.05, 0) is 50.5 Å². The number of amides is 1. The predicted molar refractivity (Wildman–Crippen MR) is 95.7 cm³/mol. The van der Waals surface area contributed by atoms with Crippen LogP contribution in [0.15, 0.2) is 18.2 Å². The van der Waals surface area contributed by atoms with Crippen LogP contribution in [0.5, 0.6) is 0 Å². The number of hydrogen-bond acceptors (Lipinski definition) is 3. The van der Waals surface area contributed by atoms with Gasteiger partial charge in [0.15, 0.2) is 5.78 Å². The average Bonchev–Trinajstić information content (AvgIpc) is 2.79. The van der Waals surface area contributed by atoms with Crippen LogP contribution < -0.4 is 11.1 Å². The molecule has 0 fully saturated rings. The van der Waals surface area contributed by atoms with Gasteiger partial charge >= 0.3 is 0 Å². The number of benzene rings is 1. The van der Waals surface area contributed by atoms with Crippen molar-refractivity contribution < 1.29 is 9.59 Å². The normalized spacial score (nSPS) is 10.1. The summed E-state index contributed by atoms with van der Waals surface area (Å²) >= 11 is 0. The minimum absolute atomic E-state index is 0. The second kappa shape index (κ2) is 7.33. The van der Waals surface area contributed by atoms with Crippen molar-refractivity contribution in [2.45, 2.75) is 34.1 Å². The maximum absolute atomic E-state index is 12.6. The van der Waals surface area contributed by atoms with Crippen molar-refractivity contribution in [3.05, 3.63) is 46.3 Å². The molecule has 1 aromatic heterocycles. The fourth-order valence-corrected chi connectivity index (χ4v) is 2.66. The topological polar surface area (TPSA) is 88.0 Å². The van der Waals surface area contributed by atoms with Gasteiger partial charge in [0.1, 0.15) is 5.69 Å². The Balaban J connectivity index is 0.00000264. The molecule has 2 rings (SSSR count). The number of H-pyrrole nitrogens is 1. The number of anilines is 2. The Bertz CT molecular complexity index is 751. The van der Waals surface area contributed by atoms with Crippen molar-refractivity contribution in [1.82, 2.24) is 4.98 Å². The fraction of sp³-hybridized carbons (Fsp3) is 0.294. The van der Waals surface area contributed by atoms with Gasteiger partial charge in [-0.25, -0.2) is 0 Å². The fourth-order valence-electron chi connectivity index (χ4n) is 2.66. The molecule has 6 heteroatoms. The zero-order chi connectivity index (χ0) is 16.4. The van der Waals surface area contributed by atoms with Crippen LogP contribution in [0.25, 0.3) is 0 Å². The molecule has 1 heterocycles. The molecule has 4 N–H and O–H groups in total. The largest absolute Gasteiger partial charge is 0.399 e. The second-order valence-corrected chi connectivity index (χ2v) is 5.42. The van der Waals surface area contributed by atoms with Crippen LogP contribution in [-0.4, -0.2) is 16.7 Å². The number of rotatable bonds is 4. The van der Waals surface area contributed by atoms with Gasteiger partial charge in [0.25, 0.3) is 5.91 Å². The zero-order valence-corrected chi connectivity index (χ0v) is 14.6. The van der Waals surface area contributed by atoms with E-state index in [1.807, 2.05) is 19.9 Å². The molecule has 0 spiro atoms. The van der Waals surface area contributed by atoms with E-state index in [-0.39, 0.29) is 24.1 Å². The first-order chi connectivity index (χ1) is 10.3. The number of aromatic amines is 1. The highest BCUT2D eigenvalue weighted by Gasteiger charge is 2.21. The molecule has 0 bridgehead atoms. The summed E-state index contributed by atoms with van der Waals surface area (Å²) < 4.78 is 0. The number of halogens is 1. The van der Waals surface area contributed by atoms with Gasteiger partial charge in [-0.2, -0.15) is 0 Å². The van der Waals surface area contributed by atoms with Gasteiger partial charge in [0.2, 0.25) is 0 Å². The summed E-state index contributed by atoms with van der Waals surface area (Å²) in [6.45, 7) is 7.14. The first-order valence-corrected chi connectivity index (χ1v) is 7.25. The molecule has 0 aliphatic rings. The Morgan fingerprint density at radius 3 is 2.48 bits per heavy atom. The number of nitrogen functional groups attached to an aromatic ring is 1.